The number of nitrogens with one attached hydrogen (secondary N) is 1. The minimum atomic E-state index is -1.02. The lowest BCUT2D eigenvalue weighted by molar-refractivity contribution is -0.118. The molecule has 1 heterocycles. The maximum Gasteiger partial charge on any atom is 0.355 e. The Morgan fingerprint density at radius 1 is 1.50 bits per heavy atom. The lowest BCUT2D eigenvalue weighted by atomic mass is 10.2. The molecule has 0 aromatic carbocycles. The van der Waals surface area contributed by atoms with E-state index < -0.39 is 5.97 Å². The number of thioether (sulfide) groups is 1. The lowest BCUT2D eigenvalue weighted by Crippen LogP contribution is -2.27. The van der Waals surface area contributed by atoms with Crippen LogP contribution >= 0.6 is 23.1 Å². The van der Waals surface area contributed by atoms with Crippen LogP contribution in [0.25, 0.3) is 0 Å². The maximum atomic E-state index is 11.5. The quantitative estimate of drug-likeness (QED) is 0.683. The predicted molar refractivity (Wildman–Crippen MR) is 82.6 cm³/mol. The first kappa shape index (κ1) is 17.0. The molecular formula is C13H20N2O3S2. The van der Waals surface area contributed by atoms with E-state index in [1.807, 2.05) is 0 Å². The zero-order valence-electron chi connectivity index (χ0n) is 11.7. The highest BCUT2D eigenvalue weighted by atomic mass is 32.2. The molecule has 0 bridgehead atoms. The van der Waals surface area contributed by atoms with E-state index in [1.165, 1.54) is 16.7 Å². The molecule has 0 aliphatic carbocycles. The van der Waals surface area contributed by atoms with Crippen molar-refractivity contribution in [1.29, 1.82) is 0 Å². The van der Waals surface area contributed by atoms with E-state index in [-0.39, 0.29) is 11.6 Å². The van der Waals surface area contributed by atoms with Crippen LogP contribution in [0.5, 0.6) is 0 Å². The van der Waals surface area contributed by atoms with Gasteiger partial charge in [-0.1, -0.05) is 13.8 Å². The van der Waals surface area contributed by atoms with Crippen LogP contribution < -0.4 is 5.32 Å². The molecule has 20 heavy (non-hydrogen) atoms. The smallest absolute Gasteiger partial charge is 0.355 e. The summed E-state index contributed by atoms with van der Waals surface area (Å²) in [5, 5.41) is 13.8. The first-order valence-corrected chi connectivity index (χ1v) is 8.54. The molecular weight excluding hydrogens is 296 g/mol. The van der Waals surface area contributed by atoms with Gasteiger partial charge in [0.2, 0.25) is 5.91 Å². The Morgan fingerprint density at radius 3 is 2.85 bits per heavy atom. The molecule has 2 N–H and O–H groups in total. The largest absolute Gasteiger partial charge is 0.476 e. The molecule has 5 nitrogen and oxygen atoms in total. The van der Waals surface area contributed by atoms with Crippen molar-refractivity contribution in [2.75, 3.05) is 18.1 Å². The first-order valence-electron chi connectivity index (χ1n) is 6.51. The Bertz CT molecular complexity index is 447. The molecule has 0 saturated heterocycles. The molecule has 0 saturated carbocycles. The summed E-state index contributed by atoms with van der Waals surface area (Å²) >= 11 is 2.95. The summed E-state index contributed by atoms with van der Waals surface area (Å²) in [5.74, 6) is 1.15. The summed E-state index contributed by atoms with van der Waals surface area (Å²) in [6, 6.07) is 0. The van der Waals surface area contributed by atoms with Crippen molar-refractivity contribution >= 4 is 35.0 Å². The molecule has 1 aromatic heterocycles. The van der Waals surface area contributed by atoms with Gasteiger partial charge in [-0.05, 0) is 18.1 Å². The molecule has 0 spiro atoms. The second-order valence-corrected chi connectivity index (χ2v) is 6.81. The van der Waals surface area contributed by atoms with Gasteiger partial charge in [0.15, 0.2) is 5.69 Å². The molecule has 0 atom stereocenters. The summed E-state index contributed by atoms with van der Waals surface area (Å²) in [4.78, 5) is 26.2. The van der Waals surface area contributed by atoms with E-state index in [0.29, 0.717) is 24.6 Å². The second-order valence-electron chi connectivity index (χ2n) is 4.77. The van der Waals surface area contributed by atoms with E-state index in [2.05, 4.69) is 24.1 Å². The number of aromatic nitrogens is 1. The van der Waals surface area contributed by atoms with Crippen LogP contribution in [0.1, 0.15) is 35.8 Å². The van der Waals surface area contributed by atoms with Gasteiger partial charge in [-0.3, -0.25) is 4.79 Å². The molecule has 0 unspecified atom stereocenters. The molecule has 112 valence electrons. The third-order valence-corrected chi connectivity index (χ3v) is 4.40. The van der Waals surface area contributed by atoms with Gasteiger partial charge >= 0.3 is 5.97 Å². The SMILES string of the molecule is CC(C)CCSCC(=O)NCCc1nc(C(=O)O)cs1. The molecule has 7 heteroatoms. The second kappa shape index (κ2) is 8.97. The molecule has 0 aliphatic heterocycles. The van der Waals surface area contributed by atoms with Crippen molar-refractivity contribution in [2.45, 2.75) is 26.7 Å². The summed E-state index contributed by atoms with van der Waals surface area (Å²) in [7, 11) is 0. The number of nitrogens with zero attached hydrogens (tertiary/aromatic N) is 1. The molecule has 0 radical (unpaired) electrons. The van der Waals surface area contributed by atoms with E-state index in [0.717, 1.165) is 17.2 Å². The van der Waals surface area contributed by atoms with Crippen LogP contribution in [-0.2, 0) is 11.2 Å². The standard InChI is InChI=1S/C13H20N2O3S2/c1-9(2)4-6-19-8-11(16)14-5-3-12-15-10(7-20-12)13(17)18/h7,9H,3-6,8H2,1-2H3,(H,14,16)(H,17,18). The van der Waals surface area contributed by atoms with E-state index in [4.69, 9.17) is 5.11 Å². The zero-order chi connectivity index (χ0) is 15.0. The van der Waals surface area contributed by atoms with Crippen LogP contribution in [0, 0.1) is 5.92 Å². The van der Waals surface area contributed by atoms with Gasteiger partial charge in [0, 0.05) is 18.3 Å². The molecule has 1 rings (SSSR count). The van der Waals surface area contributed by atoms with E-state index in [9.17, 15) is 9.59 Å². The minimum absolute atomic E-state index is 0.0220. The number of thiazole rings is 1. The highest BCUT2D eigenvalue weighted by molar-refractivity contribution is 7.99. The Labute approximate surface area is 127 Å². The summed E-state index contributed by atoms with van der Waals surface area (Å²) in [6.45, 7) is 4.83. The zero-order valence-corrected chi connectivity index (χ0v) is 13.4. The normalized spacial score (nSPS) is 10.8. The van der Waals surface area contributed by atoms with Gasteiger partial charge in [0.1, 0.15) is 0 Å². The Kier molecular flexibility index (Phi) is 7.61. The summed E-state index contributed by atoms with van der Waals surface area (Å²) < 4.78 is 0. The van der Waals surface area contributed by atoms with Crippen LogP contribution in [-0.4, -0.2) is 40.0 Å². The topological polar surface area (TPSA) is 79.3 Å². The number of carboxylic acid groups (broad SMARTS) is 1. The predicted octanol–water partition coefficient (Wildman–Crippen LogP) is 2.28. The fourth-order valence-electron chi connectivity index (χ4n) is 1.37. The van der Waals surface area contributed by atoms with E-state index >= 15 is 0 Å². The van der Waals surface area contributed by atoms with Crippen molar-refractivity contribution in [2.24, 2.45) is 5.92 Å². The van der Waals surface area contributed by atoms with Gasteiger partial charge in [-0.2, -0.15) is 11.8 Å². The number of rotatable bonds is 9. The van der Waals surface area contributed by atoms with Crippen molar-refractivity contribution in [3.63, 3.8) is 0 Å². The number of carbonyl (C=O) groups excluding carboxylic acids is 1. The number of carboxylic acids is 1. The Morgan fingerprint density at radius 2 is 2.25 bits per heavy atom. The number of hydrogen-bond acceptors (Lipinski definition) is 5. The van der Waals surface area contributed by atoms with Crippen molar-refractivity contribution in [3.8, 4) is 0 Å². The lowest BCUT2D eigenvalue weighted by Gasteiger charge is -2.05. The van der Waals surface area contributed by atoms with Crippen molar-refractivity contribution in [1.82, 2.24) is 10.3 Å². The van der Waals surface area contributed by atoms with Crippen molar-refractivity contribution in [3.05, 3.63) is 16.1 Å². The highest BCUT2D eigenvalue weighted by Gasteiger charge is 2.08. The van der Waals surface area contributed by atoms with Crippen LogP contribution in [0.4, 0.5) is 0 Å². The van der Waals surface area contributed by atoms with Crippen LogP contribution in [0.15, 0.2) is 5.38 Å². The monoisotopic (exact) mass is 316 g/mol. The van der Waals surface area contributed by atoms with Crippen LogP contribution in [0.2, 0.25) is 0 Å². The molecule has 1 aromatic rings. The van der Waals surface area contributed by atoms with E-state index in [1.54, 1.807) is 11.8 Å². The number of hydrogen-bond donors (Lipinski definition) is 2. The average Bonchev–Trinajstić information content (AvgIpc) is 2.83. The van der Waals surface area contributed by atoms with Crippen LogP contribution in [0.3, 0.4) is 0 Å². The molecule has 0 fully saturated rings. The summed E-state index contributed by atoms with van der Waals surface area (Å²) in [5.41, 5.74) is 0.0700. The van der Waals surface area contributed by atoms with Gasteiger partial charge < -0.3 is 10.4 Å². The highest BCUT2D eigenvalue weighted by Crippen LogP contribution is 2.10. The van der Waals surface area contributed by atoms with Crippen molar-refractivity contribution < 1.29 is 14.7 Å². The number of carbonyl (C=O) groups is 2. The van der Waals surface area contributed by atoms with Gasteiger partial charge in [0.05, 0.1) is 10.8 Å². The Balaban J connectivity index is 2.13. The molecule has 0 aliphatic rings. The molecule has 1 amide bonds. The fraction of sp³-hybridized carbons (Fsp3) is 0.615. The first-order chi connectivity index (χ1) is 9.49. The number of aromatic carboxylic acids is 1. The van der Waals surface area contributed by atoms with Gasteiger partial charge in [-0.25, -0.2) is 9.78 Å². The summed E-state index contributed by atoms with van der Waals surface area (Å²) in [6.07, 6.45) is 1.69. The maximum absolute atomic E-state index is 11.5. The average molecular weight is 316 g/mol. The van der Waals surface area contributed by atoms with Gasteiger partial charge in [-0.15, -0.1) is 11.3 Å². The fourth-order valence-corrected chi connectivity index (χ4v) is 3.21. The van der Waals surface area contributed by atoms with Gasteiger partial charge in [0.25, 0.3) is 0 Å². The third-order valence-electron chi connectivity index (χ3n) is 2.50. The minimum Gasteiger partial charge on any atom is -0.476 e. The Hall–Kier alpha value is -1.08. The third kappa shape index (κ3) is 6.91. The number of amides is 1.